The summed E-state index contributed by atoms with van der Waals surface area (Å²) >= 11 is 0. The van der Waals surface area contributed by atoms with E-state index < -0.39 is 17.9 Å². The number of likely N-dealkylation sites (tertiary alicyclic amines) is 2. The predicted molar refractivity (Wildman–Crippen MR) is 294 cm³/mol. The van der Waals surface area contributed by atoms with Crippen LogP contribution in [0.4, 0.5) is 17.1 Å². The number of hydrogen-bond donors (Lipinski definition) is 5. The van der Waals surface area contributed by atoms with Crippen LogP contribution in [0.25, 0.3) is 5.59 Å². The monoisotopic (exact) mass is 1120 g/mol. The van der Waals surface area contributed by atoms with Crippen molar-refractivity contribution in [1.82, 2.24) is 15.1 Å². The fourth-order valence-electron chi connectivity index (χ4n) is 10.3. The molecule has 0 spiro atoms. The molecule has 7 aliphatic rings. The van der Waals surface area contributed by atoms with Crippen molar-refractivity contribution in [3.63, 3.8) is 0 Å². The second kappa shape index (κ2) is 35.2. The van der Waals surface area contributed by atoms with Crippen molar-refractivity contribution in [3.8, 4) is 0 Å². The van der Waals surface area contributed by atoms with E-state index in [0.29, 0.717) is 65.0 Å². The zero-order valence-electron chi connectivity index (χ0n) is 46.7. The van der Waals surface area contributed by atoms with E-state index in [-0.39, 0.29) is 116 Å². The maximum atomic E-state index is 12.7. The zero-order chi connectivity index (χ0) is 58.0. The minimum atomic E-state index is -0.901. The number of carbonyl (C=O) groups is 9. The molecule has 0 radical (unpaired) electrons. The summed E-state index contributed by atoms with van der Waals surface area (Å²) in [5.41, 5.74) is 4.42. The van der Waals surface area contributed by atoms with Gasteiger partial charge in [0, 0.05) is 95.4 Å². The Balaban J connectivity index is 0.000000229. The Bertz CT molecular complexity index is 2470. The van der Waals surface area contributed by atoms with Gasteiger partial charge in [-0.1, -0.05) is 54.6 Å². The first-order valence-corrected chi connectivity index (χ1v) is 27.2. The summed E-state index contributed by atoms with van der Waals surface area (Å²) in [5.74, 6) is 0.383. The van der Waals surface area contributed by atoms with E-state index in [2.05, 4.69) is 15.9 Å². The molecule has 3 aromatic carbocycles. The quantitative estimate of drug-likeness (QED) is 0.0878. The number of benzene rings is 3. The third-order valence-corrected chi connectivity index (χ3v) is 14.8. The molecular weight excluding hydrogens is 1040 g/mol. The molecule has 0 aliphatic carbocycles. The van der Waals surface area contributed by atoms with Crippen molar-refractivity contribution >= 4 is 70.5 Å². The molecule has 3 aromatic rings. The van der Waals surface area contributed by atoms with E-state index in [1.54, 1.807) is 19.6 Å². The van der Waals surface area contributed by atoms with Crippen LogP contribution < -0.4 is 44.7 Å². The summed E-state index contributed by atoms with van der Waals surface area (Å²) in [6.07, 6.45) is 7.22. The van der Waals surface area contributed by atoms with Crippen molar-refractivity contribution in [3.05, 3.63) is 96.6 Å². The average molecular weight is 1120 g/mol. The van der Waals surface area contributed by atoms with Crippen LogP contribution in [-0.4, -0.2) is 165 Å². The molecule has 6 N–H and O–H groups in total. The molecule has 0 saturated carbocycles. The van der Waals surface area contributed by atoms with E-state index in [9.17, 15) is 43.2 Å². The van der Waals surface area contributed by atoms with Gasteiger partial charge in [0.25, 0.3) is 0 Å². The van der Waals surface area contributed by atoms with Crippen molar-refractivity contribution < 1.29 is 91.6 Å². The van der Waals surface area contributed by atoms with E-state index in [1.807, 2.05) is 96.6 Å². The van der Waals surface area contributed by atoms with Gasteiger partial charge < -0.3 is 70.9 Å². The molecule has 7 fully saturated rings. The third-order valence-electron chi connectivity index (χ3n) is 14.8. The van der Waals surface area contributed by atoms with Gasteiger partial charge in [-0.05, 0) is 101 Å². The van der Waals surface area contributed by atoms with Crippen LogP contribution in [0.5, 0.6) is 0 Å². The first-order valence-electron chi connectivity index (χ1n) is 27.2. The van der Waals surface area contributed by atoms with Gasteiger partial charge in [-0.3, -0.25) is 43.2 Å². The third kappa shape index (κ3) is 20.7. The summed E-state index contributed by atoms with van der Waals surface area (Å²) in [6, 6.07) is 27.9. The van der Waals surface area contributed by atoms with Crippen LogP contribution in [0, 0.1) is 35.5 Å². The molecule has 3 unspecified atom stereocenters. The first-order chi connectivity index (χ1) is 38.6. The zero-order valence-corrected chi connectivity index (χ0v) is 46.7. The van der Waals surface area contributed by atoms with Gasteiger partial charge >= 0.3 is 42.7 Å². The van der Waals surface area contributed by atoms with Gasteiger partial charge in [-0.2, -0.15) is 0 Å². The molecule has 5 amide bonds. The minimum absolute atomic E-state index is 0. The number of hydrogen-bond acceptors (Lipinski definition) is 15. The van der Waals surface area contributed by atoms with Crippen molar-refractivity contribution in [2.75, 3.05) is 101 Å². The Morgan fingerprint density at radius 1 is 0.519 bits per heavy atom. The Morgan fingerprint density at radius 2 is 0.827 bits per heavy atom. The number of nitrogens with zero attached hydrogens (tertiary/aromatic N) is 6. The molecule has 10 rings (SSSR count). The van der Waals surface area contributed by atoms with E-state index in [0.717, 1.165) is 56.2 Å². The summed E-state index contributed by atoms with van der Waals surface area (Å²) < 4.78 is 14.3. The molecule has 7 aliphatic heterocycles. The molecular formula is C57H77LiN8O15. The topological polar surface area (TPSA) is 310 Å². The maximum absolute atomic E-state index is 12.7. The van der Waals surface area contributed by atoms with Crippen LogP contribution in [0.3, 0.4) is 0 Å². The second-order valence-corrected chi connectivity index (χ2v) is 20.1. The number of nitrogens with two attached hydrogens (primary N) is 1. The number of para-hydroxylation sites is 3. The Kier molecular flexibility index (Phi) is 29.0. The number of piperidine rings is 3. The van der Waals surface area contributed by atoms with Crippen LogP contribution in [0.1, 0.15) is 70.6 Å². The molecule has 7 heterocycles. The molecule has 24 heteroatoms. The van der Waals surface area contributed by atoms with Gasteiger partial charge in [0.15, 0.2) is 0 Å². The number of rotatable bonds is 9. The fourth-order valence-corrected chi connectivity index (χ4v) is 10.3. The van der Waals surface area contributed by atoms with Crippen LogP contribution in [-0.2, 0) is 57.4 Å². The summed E-state index contributed by atoms with van der Waals surface area (Å²) in [4.78, 5) is 114. The standard InChI is InChI=1S/C18H22N2O4.C17H20N2O4.C11H11NO3.C7H13NO2.C4H8O.Li.H3N2O/c1-24-18(23)13-7-9-19(10-8-13)17(22)14-11-16(21)20(12-14)15-5-3-2-4-6-15;20-15-10-13(11-19(15)14-4-2-1-3-5-14)16(21)18-8-6-12(7-9-18)17(22)23;13-10-6-8(11(14)15)7-12(10)9-4-2-1-3-5-9;1-10-7(9)6-2-4-8-5-3-6;1-2-4-5-3-1;;1-2-3/h2-6,13-14H,7-12H2,1H3;1-5,12-13H,6-11H2,(H,22,23);1-5,8H,6-7H2,(H,14,15);6,8H,2-5H2,1H3;1-4H2;;3H,1H2/q;;;;;+1;-1. The van der Waals surface area contributed by atoms with Crippen molar-refractivity contribution in [1.29, 1.82) is 0 Å². The number of anilines is 3. The summed E-state index contributed by atoms with van der Waals surface area (Å²) in [6.45, 7) is 7.03. The summed E-state index contributed by atoms with van der Waals surface area (Å²) in [5, 5.41) is 28.0. The SMILES string of the molecule is C1CCOC1.COC(=O)C1CCN(C(=O)C2CC(=O)N(c3ccccc3)C2)CC1.COC(=O)C1CCNCC1.N[N-]O.O=C(O)C1CC(=O)N(c2ccccc2)C1.O=C(O)C1CCN(C(=O)C2CC(=O)N(c3ccccc3)C2)CC1.[Li+]. The first kappa shape index (κ1) is 66.8. The second-order valence-electron chi connectivity index (χ2n) is 20.1. The van der Waals surface area contributed by atoms with E-state index >= 15 is 0 Å². The largest absolute Gasteiger partial charge is 1.00 e. The van der Waals surface area contributed by atoms with Crippen LogP contribution in [0.2, 0.25) is 0 Å². The Labute approximate surface area is 484 Å². The average Bonchev–Trinajstić information content (AvgIpc) is 4.36. The van der Waals surface area contributed by atoms with Gasteiger partial charge in [0.05, 0.1) is 49.7 Å². The maximum Gasteiger partial charge on any atom is 1.00 e. The molecule has 7 saturated heterocycles. The Hall–Kier alpha value is -6.71. The minimum Gasteiger partial charge on any atom is -0.488 e. The Morgan fingerprint density at radius 3 is 1.12 bits per heavy atom. The summed E-state index contributed by atoms with van der Waals surface area (Å²) in [7, 11) is 2.84. The van der Waals surface area contributed by atoms with E-state index in [4.69, 9.17) is 24.9 Å². The number of aliphatic carboxylic acids is 2. The number of carboxylic acid groups (broad SMARTS) is 2. The van der Waals surface area contributed by atoms with Crippen LogP contribution >= 0.6 is 0 Å². The molecule has 0 bridgehead atoms. The number of ether oxygens (including phenoxy) is 3. The van der Waals surface area contributed by atoms with Gasteiger partial charge in [0.2, 0.25) is 29.5 Å². The number of carboxylic acids is 2. The molecule has 23 nitrogen and oxygen atoms in total. The van der Waals surface area contributed by atoms with Crippen LogP contribution in [0.15, 0.2) is 91.0 Å². The number of esters is 2. The molecule has 3 atom stereocenters. The molecule has 0 aromatic heterocycles. The number of carbonyl (C=O) groups excluding carboxylic acids is 7. The number of amides is 5. The van der Waals surface area contributed by atoms with Gasteiger partial charge in [-0.25, -0.2) is 0 Å². The molecule has 436 valence electrons. The van der Waals surface area contributed by atoms with Gasteiger partial charge in [-0.15, -0.1) is 0 Å². The van der Waals surface area contributed by atoms with Crippen molar-refractivity contribution in [2.24, 2.45) is 41.4 Å². The smallest absolute Gasteiger partial charge is 0.488 e. The fraction of sp³-hybridized carbons (Fsp3) is 0.526. The normalized spacial score (nSPS) is 20.9. The predicted octanol–water partition coefficient (Wildman–Crippen LogP) is 1.52. The number of nitrogens with one attached hydrogen (secondary N) is 1. The molecule has 81 heavy (non-hydrogen) atoms. The number of methoxy groups -OCH3 is 2. The van der Waals surface area contributed by atoms with Gasteiger partial charge in [0.1, 0.15) is 0 Å². The van der Waals surface area contributed by atoms with Crippen molar-refractivity contribution in [2.45, 2.75) is 70.6 Å². The van der Waals surface area contributed by atoms with E-state index in [1.165, 1.54) is 32.0 Å².